The van der Waals surface area contributed by atoms with Gasteiger partial charge in [-0.3, -0.25) is 4.79 Å². The summed E-state index contributed by atoms with van der Waals surface area (Å²) in [6.45, 7) is 5.06. The van der Waals surface area contributed by atoms with Crippen LogP contribution < -0.4 is 10.6 Å². The Hall–Kier alpha value is -1.69. The lowest BCUT2D eigenvalue weighted by atomic mass is 10.1. The topological polar surface area (TPSA) is 61.4 Å². The van der Waals surface area contributed by atoms with E-state index in [1.54, 1.807) is 16.7 Å². The summed E-state index contributed by atoms with van der Waals surface area (Å²) < 4.78 is 0. The average Bonchev–Trinajstić information content (AvgIpc) is 2.96. The van der Waals surface area contributed by atoms with Gasteiger partial charge in [-0.2, -0.15) is 11.8 Å². The highest BCUT2D eigenvalue weighted by molar-refractivity contribution is 7.97. The van der Waals surface area contributed by atoms with Crippen LogP contribution in [0.1, 0.15) is 37.8 Å². The molecule has 1 aliphatic rings. The molecule has 2 rings (SSSR count). The summed E-state index contributed by atoms with van der Waals surface area (Å²) in [6, 6.07) is 8.36. The van der Waals surface area contributed by atoms with Crippen molar-refractivity contribution >= 4 is 23.7 Å². The van der Waals surface area contributed by atoms with Gasteiger partial charge in [0.25, 0.3) is 0 Å². The molecule has 2 N–H and O–H groups in total. The van der Waals surface area contributed by atoms with Gasteiger partial charge in [-0.25, -0.2) is 4.79 Å². The zero-order valence-electron chi connectivity index (χ0n) is 14.7. The third-order valence-corrected chi connectivity index (χ3v) is 4.75. The number of urea groups is 1. The molecule has 0 aromatic heterocycles. The minimum atomic E-state index is -0.0820. The summed E-state index contributed by atoms with van der Waals surface area (Å²) in [5.74, 6) is 1.05. The van der Waals surface area contributed by atoms with Crippen molar-refractivity contribution in [2.75, 3.05) is 12.8 Å². The minimum Gasteiger partial charge on any atom is -0.352 e. The largest absolute Gasteiger partial charge is 0.352 e. The van der Waals surface area contributed by atoms with Crippen molar-refractivity contribution in [1.29, 1.82) is 0 Å². The van der Waals surface area contributed by atoms with E-state index in [9.17, 15) is 9.59 Å². The summed E-state index contributed by atoms with van der Waals surface area (Å²) in [7, 11) is 0. The van der Waals surface area contributed by atoms with Gasteiger partial charge in [0.2, 0.25) is 5.91 Å². The summed E-state index contributed by atoms with van der Waals surface area (Å²) in [4.78, 5) is 25.7. The van der Waals surface area contributed by atoms with E-state index in [0.29, 0.717) is 19.5 Å². The van der Waals surface area contributed by atoms with Crippen molar-refractivity contribution in [3.8, 4) is 0 Å². The fraction of sp³-hybridized carbons (Fsp3) is 0.556. The predicted molar refractivity (Wildman–Crippen MR) is 98.9 cm³/mol. The molecule has 1 atom stereocenters. The molecule has 0 spiro atoms. The van der Waals surface area contributed by atoms with E-state index in [4.69, 9.17) is 0 Å². The molecule has 0 radical (unpaired) electrons. The molecule has 1 fully saturated rings. The molecular formula is C18H27N3O2S. The maximum Gasteiger partial charge on any atom is 0.317 e. The van der Waals surface area contributed by atoms with Crippen LogP contribution in [0.4, 0.5) is 4.79 Å². The van der Waals surface area contributed by atoms with Crippen LogP contribution in [0.25, 0.3) is 0 Å². The van der Waals surface area contributed by atoms with E-state index in [-0.39, 0.29) is 24.0 Å². The van der Waals surface area contributed by atoms with Gasteiger partial charge in [0, 0.05) is 37.3 Å². The van der Waals surface area contributed by atoms with E-state index in [1.807, 2.05) is 26.0 Å². The molecule has 0 saturated carbocycles. The molecule has 5 nitrogen and oxygen atoms in total. The number of amides is 3. The molecular weight excluding hydrogens is 322 g/mol. The minimum absolute atomic E-state index is 0.0653. The number of carbonyl (C=O) groups excluding carboxylic acids is 2. The van der Waals surface area contributed by atoms with Gasteiger partial charge < -0.3 is 15.5 Å². The quantitative estimate of drug-likeness (QED) is 0.796. The second kappa shape index (κ2) is 8.97. The van der Waals surface area contributed by atoms with Gasteiger partial charge in [0.1, 0.15) is 0 Å². The first-order valence-electron chi connectivity index (χ1n) is 8.40. The first kappa shape index (κ1) is 18.6. The Morgan fingerprint density at radius 2 is 2.17 bits per heavy atom. The molecule has 1 saturated heterocycles. The van der Waals surface area contributed by atoms with E-state index in [2.05, 4.69) is 29.0 Å². The van der Waals surface area contributed by atoms with Crippen LogP contribution >= 0.6 is 11.8 Å². The number of nitrogens with one attached hydrogen (secondary N) is 2. The van der Waals surface area contributed by atoms with E-state index in [0.717, 1.165) is 17.7 Å². The highest BCUT2D eigenvalue weighted by Crippen LogP contribution is 2.13. The molecule has 1 unspecified atom stereocenters. The Morgan fingerprint density at radius 1 is 1.42 bits per heavy atom. The van der Waals surface area contributed by atoms with Crippen molar-refractivity contribution in [3.63, 3.8) is 0 Å². The molecule has 1 aliphatic heterocycles. The van der Waals surface area contributed by atoms with Gasteiger partial charge in [0.05, 0.1) is 0 Å². The van der Waals surface area contributed by atoms with Crippen molar-refractivity contribution in [2.24, 2.45) is 0 Å². The third-order valence-electron chi connectivity index (χ3n) is 4.13. The normalized spacial score (nSPS) is 17.0. The molecule has 3 amide bonds. The molecule has 1 heterocycles. The number of carbonyl (C=O) groups is 2. The second-order valence-corrected chi connectivity index (χ2v) is 7.33. The molecule has 1 aromatic carbocycles. The van der Waals surface area contributed by atoms with E-state index < -0.39 is 0 Å². The van der Waals surface area contributed by atoms with E-state index in [1.165, 1.54) is 5.56 Å². The highest BCUT2D eigenvalue weighted by Gasteiger charge is 2.26. The Kier molecular flexibility index (Phi) is 6.97. The number of hydrogen-bond donors (Lipinski definition) is 2. The van der Waals surface area contributed by atoms with Gasteiger partial charge >= 0.3 is 6.03 Å². The summed E-state index contributed by atoms with van der Waals surface area (Å²) in [6.07, 6.45) is 3.43. The Balaban J connectivity index is 1.90. The maximum atomic E-state index is 12.5. The Bertz CT molecular complexity index is 577. The fourth-order valence-electron chi connectivity index (χ4n) is 2.86. The SMILES string of the molecule is CSCc1cccc(CNC(=O)N(CC2CCC(=O)N2)C(C)C)c1. The van der Waals surface area contributed by atoms with Gasteiger partial charge in [-0.1, -0.05) is 24.3 Å². The molecule has 6 heteroatoms. The maximum absolute atomic E-state index is 12.5. The van der Waals surface area contributed by atoms with Crippen LogP contribution in [-0.2, 0) is 17.1 Å². The van der Waals surface area contributed by atoms with Crippen LogP contribution in [0, 0.1) is 0 Å². The monoisotopic (exact) mass is 349 g/mol. The number of thioether (sulfide) groups is 1. The lowest BCUT2D eigenvalue weighted by Crippen LogP contribution is -2.49. The van der Waals surface area contributed by atoms with Gasteiger partial charge in [-0.15, -0.1) is 0 Å². The third kappa shape index (κ3) is 5.44. The zero-order chi connectivity index (χ0) is 17.5. The second-order valence-electron chi connectivity index (χ2n) is 6.46. The smallest absolute Gasteiger partial charge is 0.317 e. The first-order chi connectivity index (χ1) is 11.5. The number of benzene rings is 1. The molecule has 1 aromatic rings. The van der Waals surface area contributed by atoms with Gasteiger partial charge in [0.15, 0.2) is 0 Å². The highest BCUT2D eigenvalue weighted by atomic mass is 32.2. The summed E-state index contributed by atoms with van der Waals surface area (Å²) in [5.41, 5.74) is 2.37. The van der Waals surface area contributed by atoms with E-state index >= 15 is 0 Å². The number of rotatable bonds is 7. The van der Waals surface area contributed by atoms with Crippen LogP contribution in [0.15, 0.2) is 24.3 Å². The van der Waals surface area contributed by atoms with Crippen LogP contribution in [0.5, 0.6) is 0 Å². The standard InChI is InChI=1S/C18H27N3O2S/c1-13(2)21(11-16-7-8-17(22)20-16)18(23)19-10-14-5-4-6-15(9-14)12-24-3/h4-6,9,13,16H,7-8,10-12H2,1-3H3,(H,19,23)(H,20,22). The molecule has 0 bridgehead atoms. The van der Waals surface area contributed by atoms with Crippen molar-refractivity contribution in [2.45, 2.75) is 51.1 Å². The molecule has 132 valence electrons. The van der Waals surface area contributed by atoms with Crippen molar-refractivity contribution in [3.05, 3.63) is 35.4 Å². The Morgan fingerprint density at radius 3 is 2.79 bits per heavy atom. The van der Waals surface area contributed by atoms with Crippen LogP contribution in [-0.4, -0.2) is 41.7 Å². The average molecular weight is 350 g/mol. The van der Waals surface area contributed by atoms with Crippen LogP contribution in [0.3, 0.4) is 0 Å². The van der Waals surface area contributed by atoms with Crippen molar-refractivity contribution < 1.29 is 9.59 Å². The summed E-state index contributed by atoms with van der Waals surface area (Å²) >= 11 is 1.78. The van der Waals surface area contributed by atoms with Gasteiger partial charge in [-0.05, 0) is 37.7 Å². The number of hydrogen-bond acceptors (Lipinski definition) is 3. The lowest BCUT2D eigenvalue weighted by molar-refractivity contribution is -0.119. The fourth-order valence-corrected chi connectivity index (χ4v) is 3.37. The number of nitrogens with zero attached hydrogens (tertiary/aromatic N) is 1. The summed E-state index contributed by atoms with van der Waals surface area (Å²) in [5, 5.41) is 5.93. The molecule has 0 aliphatic carbocycles. The molecule has 24 heavy (non-hydrogen) atoms. The van der Waals surface area contributed by atoms with Crippen LogP contribution in [0.2, 0.25) is 0 Å². The predicted octanol–water partition coefficient (Wildman–Crippen LogP) is 2.75. The Labute approximate surface area is 148 Å². The first-order valence-corrected chi connectivity index (χ1v) is 9.79. The zero-order valence-corrected chi connectivity index (χ0v) is 15.5. The van der Waals surface area contributed by atoms with Crippen molar-refractivity contribution in [1.82, 2.24) is 15.5 Å². The lowest BCUT2D eigenvalue weighted by Gasteiger charge is -2.29.